The summed E-state index contributed by atoms with van der Waals surface area (Å²) in [5, 5.41) is 1.03. The Balaban J connectivity index is 1.27. The average molecular weight is 553 g/mol. The Morgan fingerprint density at radius 2 is 1.98 bits per heavy atom. The number of fused-ring (bicyclic) bond motifs is 3. The number of hydrogen-bond acceptors (Lipinski definition) is 8. The summed E-state index contributed by atoms with van der Waals surface area (Å²) in [6, 6.07) is 13.5. The van der Waals surface area contributed by atoms with E-state index in [1.807, 2.05) is 56.3 Å². The lowest BCUT2D eigenvalue weighted by atomic mass is 10.0. The molecule has 0 aliphatic carbocycles. The van der Waals surface area contributed by atoms with Gasteiger partial charge in [0.25, 0.3) is 5.91 Å². The molecule has 0 saturated carbocycles. The molecule has 41 heavy (non-hydrogen) atoms. The average Bonchev–Trinajstić information content (AvgIpc) is 3.62. The molecule has 1 unspecified atom stereocenters. The summed E-state index contributed by atoms with van der Waals surface area (Å²) in [7, 11) is 2.16. The highest BCUT2D eigenvalue weighted by atomic mass is 16.5. The first kappa shape index (κ1) is 27.1. The van der Waals surface area contributed by atoms with E-state index in [4.69, 9.17) is 20.2 Å². The summed E-state index contributed by atoms with van der Waals surface area (Å²) in [4.78, 5) is 31.7. The van der Waals surface area contributed by atoms with Crippen molar-refractivity contribution in [3.8, 4) is 5.88 Å². The second kappa shape index (κ2) is 11.4. The number of pyridine rings is 3. The highest BCUT2D eigenvalue weighted by Gasteiger charge is 2.24. The number of nitrogen functional groups attached to an aromatic ring is 1. The molecule has 1 atom stereocenters. The van der Waals surface area contributed by atoms with Gasteiger partial charge in [-0.15, -0.1) is 0 Å². The maximum Gasteiger partial charge on any atom is 0.260 e. The van der Waals surface area contributed by atoms with Crippen molar-refractivity contribution in [3.63, 3.8) is 0 Å². The van der Waals surface area contributed by atoms with Gasteiger partial charge in [0.05, 0.1) is 48.8 Å². The number of nitrogens with zero attached hydrogens (tertiary/aromatic N) is 5. The number of carbonyl (C=O) groups excluding carboxylic acids is 1. The first-order chi connectivity index (χ1) is 19.9. The van der Waals surface area contributed by atoms with Crippen molar-refractivity contribution >= 4 is 28.3 Å². The predicted molar refractivity (Wildman–Crippen MR) is 159 cm³/mol. The monoisotopic (exact) mass is 552 g/mol. The summed E-state index contributed by atoms with van der Waals surface area (Å²) < 4.78 is 11.6. The van der Waals surface area contributed by atoms with E-state index in [-0.39, 0.29) is 5.91 Å². The van der Waals surface area contributed by atoms with Gasteiger partial charge in [-0.05, 0) is 81.6 Å². The molecule has 2 aliphatic rings. The number of carbonyl (C=O) groups is 1. The molecule has 9 heteroatoms. The molecule has 1 fully saturated rings. The number of amides is 1. The maximum absolute atomic E-state index is 13.9. The second-order valence-corrected chi connectivity index (χ2v) is 11.2. The van der Waals surface area contributed by atoms with Crippen molar-refractivity contribution in [1.82, 2.24) is 19.9 Å². The zero-order valence-corrected chi connectivity index (χ0v) is 23.9. The van der Waals surface area contributed by atoms with Crippen LogP contribution in [0.15, 0.2) is 48.7 Å². The molecule has 9 nitrogen and oxygen atoms in total. The van der Waals surface area contributed by atoms with Crippen LogP contribution >= 0.6 is 0 Å². The summed E-state index contributed by atoms with van der Waals surface area (Å²) in [6.45, 7) is 8.05. The third-order valence-corrected chi connectivity index (χ3v) is 8.13. The van der Waals surface area contributed by atoms with Gasteiger partial charge in [-0.25, -0.2) is 9.97 Å². The Bertz CT molecular complexity index is 1590. The largest absolute Gasteiger partial charge is 0.478 e. The van der Waals surface area contributed by atoms with E-state index in [2.05, 4.69) is 21.9 Å². The zero-order valence-electron chi connectivity index (χ0n) is 23.9. The fraction of sp³-hybridized carbons (Fsp3) is 0.375. The van der Waals surface area contributed by atoms with E-state index in [1.54, 1.807) is 11.1 Å². The van der Waals surface area contributed by atoms with E-state index in [0.29, 0.717) is 49.5 Å². The third kappa shape index (κ3) is 5.73. The number of aromatic nitrogens is 3. The highest BCUT2D eigenvalue weighted by molar-refractivity contribution is 6.06. The normalized spacial score (nSPS) is 16.7. The van der Waals surface area contributed by atoms with E-state index < -0.39 is 0 Å². The Kier molecular flexibility index (Phi) is 7.55. The molecule has 1 aromatic carbocycles. The van der Waals surface area contributed by atoms with Crippen LogP contribution in [0.3, 0.4) is 0 Å². The maximum atomic E-state index is 13.9. The number of benzene rings is 1. The van der Waals surface area contributed by atoms with Crippen molar-refractivity contribution in [1.29, 1.82) is 0 Å². The Labute approximate surface area is 240 Å². The van der Waals surface area contributed by atoms with Crippen molar-refractivity contribution in [2.24, 2.45) is 5.92 Å². The highest BCUT2D eigenvalue weighted by Crippen LogP contribution is 2.32. The van der Waals surface area contributed by atoms with Crippen LogP contribution in [0.1, 0.15) is 51.3 Å². The molecule has 212 valence electrons. The minimum absolute atomic E-state index is 0.156. The Morgan fingerprint density at radius 3 is 2.73 bits per heavy atom. The van der Waals surface area contributed by atoms with Gasteiger partial charge in [-0.3, -0.25) is 9.78 Å². The molecule has 0 spiro atoms. The number of aryl methyl sites for hydroxylation is 2. The van der Waals surface area contributed by atoms with Gasteiger partial charge < -0.3 is 25.0 Å². The quantitative estimate of drug-likeness (QED) is 0.332. The zero-order chi connectivity index (χ0) is 28.5. The minimum atomic E-state index is -0.156. The van der Waals surface area contributed by atoms with Crippen LogP contribution in [-0.4, -0.2) is 52.5 Å². The SMILES string of the molecule is Cc1ccc(C(=O)N(Cc2ccc3c4c(c(N)nc3c2)COC4)c2ccc(OCCC3CCN(C)C3)nc2C)cn1. The molecule has 6 rings (SSSR count). The Hall–Kier alpha value is -4.08. The molecule has 3 aromatic heterocycles. The smallest absolute Gasteiger partial charge is 0.260 e. The van der Waals surface area contributed by atoms with Gasteiger partial charge in [-0.1, -0.05) is 12.1 Å². The van der Waals surface area contributed by atoms with E-state index in [0.717, 1.165) is 64.2 Å². The first-order valence-corrected chi connectivity index (χ1v) is 14.2. The summed E-state index contributed by atoms with van der Waals surface area (Å²) in [6.07, 6.45) is 3.84. The molecule has 2 N–H and O–H groups in total. The van der Waals surface area contributed by atoms with Crippen LogP contribution in [0, 0.1) is 19.8 Å². The van der Waals surface area contributed by atoms with Gasteiger partial charge in [-0.2, -0.15) is 0 Å². The van der Waals surface area contributed by atoms with Crippen molar-refractivity contribution in [2.75, 3.05) is 37.4 Å². The predicted octanol–water partition coefficient (Wildman–Crippen LogP) is 4.82. The second-order valence-electron chi connectivity index (χ2n) is 11.2. The number of likely N-dealkylation sites (tertiary alicyclic amines) is 1. The molecule has 0 bridgehead atoms. The number of rotatable bonds is 8. The topological polar surface area (TPSA) is 107 Å². The van der Waals surface area contributed by atoms with Gasteiger partial charge >= 0.3 is 0 Å². The lowest BCUT2D eigenvalue weighted by Gasteiger charge is -2.25. The summed E-state index contributed by atoms with van der Waals surface area (Å²) in [5.41, 5.74) is 12.8. The number of nitrogens with two attached hydrogens (primary N) is 1. The molecular weight excluding hydrogens is 516 g/mol. The van der Waals surface area contributed by atoms with Gasteiger partial charge in [0.1, 0.15) is 5.82 Å². The van der Waals surface area contributed by atoms with Gasteiger partial charge in [0.2, 0.25) is 5.88 Å². The molecule has 2 aliphatic heterocycles. The lowest BCUT2D eigenvalue weighted by Crippen LogP contribution is -2.31. The van der Waals surface area contributed by atoms with E-state index >= 15 is 0 Å². The number of ether oxygens (including phenoxy) is 2. The number of anilines is 2. The minimum Gasteiger partial charge on any atom is -0.478 e. The molecule has 4 aromatic rings. The summed E-state index contributed by atoms with van der Waals surface area (Å²) >= 11 is 0. The first-order valence-electron chi connectivity index (χ1n) is 14.2. The van der Waals surface area contributed by atoms with Crippen LogP contribution < -0.4 is 15.4 Å². The fourth-order valence-electron chi connectivity index (χ4n) is 5.81. The van der Waals surface area contributed by atoms with E-state index in [1.165, 1.54) is 6.42 Å². The molecule has 5 heterocycles. The molecule has 0 radical (unpaired) electrons. The summed E-state index contributed by atoms with van der Waals surface area (Å²) in [5.74, 6) is 1.58. The van der Waals surface area contributed by atoms with Gasteiger partial charge in [0.15, 0.2) is 0 Å². The van der Waals surface area contributed by atoms with Crippen LogP contribution in [0.5, 0.6) is 5.88 Å². The number of hydrogen-bond donors (Lipinski definition) is 1. The van der Waals surface area contributed by atoms with Crippen molar-refractivity contribution in [3.05, 3.63) is 82.3 Å². The Morgan fingerprint density at radius 1 is 1.12 bits per heavy atom. The van der Waals surface area contributed by atoms with Crippen molar-refractivity contribution < 1.29 is 14.3 Å². The van der Waals surface area contributed by atoms with Crippen LogP contribution in [-0.2, 0) is 24.5 Å². The molecule has 1 saturated heterocycles. The standard InChI is InChI=1S/C32H36N6O3/c1-20-4-6-24(15-34-20)32(39)38(17-23-5-7-25-26-18-40-19-27(26)31(33)36-28(25)14-23)29-8-9-30(35-21(29)2)41-13-11-22-10-12-37(3)16-22/h4-9,14-15,22H,10-13,16-19H2,1-3H3,(H2,33,36). The van der Waals surface area contributed by atoms with Crippen LogP contribution in [0.4, 0.5) is 11.5 Å². The van der Waals surface area contributed by atoms with Gasteiger partial charge in [0, 0.05) is 35.5 Å². The molecular formula is C32H36N6O3. The molecule has 1 amide bonds. The van der Waals surface area contributed by atoms with E-state index in [9.17, 15) is 4.79 Å². The lowest BCUT2D eigenvalue weighted by molar-refractivity contribution is 0.0984. The fourth-order valence-corrected chi connectivity index (χ4v) is 5.81. The third-order valence-electron chi connectivity index (χ3n) is 8.13. The van der Waals surface area contributed by atoms with Crippen molar-refractivity contribution in [2.45, 2.75) is 46.4 Å². The van der Waals surface area contributed by atoms with Crippen LogP contribution in [0.25, 0.3) is 10.9 Å². The van der Waals surface area contributed by atoms with Crippen LogP contribution in [0.2, 0.25) is 0 Å².